The first-order valence-electron chi connectivity index (χ1n) is 8.56. The van der Waals surface area contributed by atoms with Crippen molar-refractivity contribution in [3.05, 3.63) is 65.4 Å². The molecular formula is C19H13ClN2O6S3. The number of rotatable bonds is 5. The van der Waals surface area contributed by atoms with Crippen LogP contribution in [0.15, 0.2) is 73.9 Å². The molecule has 0 unspecified atom stereocenters. The van der Waals surface area contributed by atoms with Crippen LogP contribution < -0.4 is 5.32 Å². The number of anilines is 1. The number of amides is 1. The number of halogens is 1. The molecule has 2 aromatic carbocycles. The highest BCUT2D eigenvalue weighted by Gasteiger charge is 2.24. The third kappa shape index (κ3) is 4.35. The number of furan rings is 1. The fourth-order valence-electron chi connectivity index (χ4n) is 2.66. The lowest BCUT2D eigenvalue weighted by Gasteiger charge is -2.01. The van der Waals surface area contributed by atoms with E-state index in [1.165, 1.54) is 48.5 Å². The maximum Gasteiger partial charge on any atom is 0.293 e. The van der Waals surface area contributed by atoms with E-state index in [4.69, 9.17) is 16.0 Å². The molecule has 0 atom stereocenters. The first-order valence-corrected chi connectivity index (χ1v) is 13.1. The van der Waals surface area contributed by atoms with E-state index in [1.807, 2.05) is 0 Å². The van der Waals surface area contributed by atoms with Gasteiger partial charge in [-0.3, -0.25) is 10.1 Å². The summed E-state index contributed by atoms with van der Waals surface area (Å²) in [5.74, 6) is -0.913. The van der Waals surface area contributed by atoms with E-state index in [1.54, 1.807) is 6.07 Å². The average molecular weight is 497 g/mol. The lowest BCUT2D eigenvalue weighted by Crippen LogP contribution is -2.10. The molecule has 160 valence electrons. The zero-order valence-corrected chi connectivity index (χ0v) is 18.9. The minimum absolute atomic E-state index is 0.0222. The molecule has 4 rings (SSSR count). The van der Waals surface area contributed by atoms with Crippen LogP contribution in [0.2, 0.25) is 5.02 Å². The van der Waals surface area contributed by atoms with E-state index < -0.39 is 25.6 Å². The Hall–Kier alpha value is -2.73. The van der Waals surface area contributed by atoms with Gasteiger partial charge in [-0.25, -0.2) is 21.8 Å². The van der Waals surface area contributed by atoms with Crippen LogP contribution in [-0.2, 0) is 19.7 Å². The van der Waals surface area contributed by atoms with Crippen molar-refractivity contribution in [1.82, 2.24) is 4.98 Å². The van der Waals surface area contributed by atoms with Gasteiger partial charge in [-0.2, -0.15) is 0 Å². The summed E-state index contributed by atoms with van der Waals surface area (Å²) >= 11 is 6.87. The van der Waals surface area contributed by atoms with Crippen molar-refractivity contribution in [2.75, 3.05) is 11.6 Å². The molecule has 2 heterocycles. The van der Waals surface area contributed by atoms with E-state index in [0.717, 1.165) is 17.6 Å². The van der Waals surface area contributed by atoms with Gasteiger partial charge in [-0.1, -0.05) is 22.9 Å². The second-order valence-corrected chi connectivity index (χ2v) is 11.8. The van der Waals surface area contributed by atoms with Gasteiger partial charge in [-0.05, 0) is 54.6 Å². The van der Waals surface area contributed by atoms with E-state index in [0.29, 0.717) is 15.2 Å². The first kappa shape index (κ1) is 21.5. The Bertz CT molecular complexity index is 1520. The maximum absolute atomic E-state index is 12.6. The third-order valence-electron chi connectivity index (χ3n) is 4.20. The third-order valence-corrected chi connectivity index (χ3v) is 8.14. The quantitative estimate of drug-likeness (QED) is 0.442. The Morgan fingerprint density at radius 1 is 1.00 bits per heavy atom. The average Bonchev–Trinajstić information content (AvgIpc) is 3.34. The van der Waals surface area contributed by atoms with E-state index in [-0.39, 0.29) is 25.8 Å². The zero-order chi connectivity index (χ0) is 22.4. The number of benzene rings is 2. The van der Waals surface area contributed by atoms with Crippen molar-refractivity contribution < 1.29 is 26.0 Å². The molecule has 0 aliphatic heterocycles. The summed E-state index contributed by atoms with van der Waals surface area (Å²) < 4.78 is 54.5. The summed E-state index contributed by atoms with van der Waals surface area (Å²) in [5.41, 5.74) is 0.512. The molecule has 0 saturated carbocycles. The van der Waals surface area contributed by atoms with Crippen LogP contribution in [0.5, 0.6) is 0 Å². The molecule has 1 N–H and O–H groups in total. The Morgan fingerprint density at radius 2 is 1.68 bits per heavy atom. The molecule has 8 nitrogen and oxygen atoms in total. The van der Waals surface area contributed by atoms with Gasteiger partial charge in [0.05, 0.1) is 20.0 Å². The first-order chi connectivity index (χ1) is 14.5. The second-order valence-electron chi connectivity index (χ2n) is 6.45. The normalized spacial score (nSPS) is 12.2. The Kier molecular flexibility index (Phi) is 5.38. The SMILES string of the molecule is CS(=O)(=O)c1ccc2nc(NC(=O)c3ccc(S(=O)(=O)c4ccc(Cl)cc4)o3)sc2c1. The molecule has 0 bridgehead atoms. The maximum atomic E-state index is 12.6. The van der Waals surface area contributed by atoms with Gasteiger partial charge in [0.2, 0.25) is 14.9 Å². The van der Waals surface area contributed by atoms with E-state index in [2.05, 4.69) is 10.3 Å². The summed E-state index contributed by atoms with van der Waals surface area (Å²) in [4.78, 5) is 16.8. The van der Waals surface area contributed by atoms with Gasteiger partial charge in [-0.15, -0.1) is 0 Å². The largest absolute Gasteiger partial charge is 0.439 e. The van der Waals surface area contributed by atoms with Crippen LogP contribution in [0.1, 0.15) is 10.6 Å². The van der Waals surface area contributed by atoms with Gasteiger partial charge in [0.1, 0.15) is 0 Å². The summed E-state index contributed by atoms with van der Waals surface area (Å²) in [5, 5.41) is 2.74. The Balaban J connectivity index is 1.57. The van der Waals surface area contributed by atoms with Gasteiger partial charge >= 0.3 is 0 Å². The van der Waals surface area contributed by atoms with E-state index in [9.17, 15) is 21.6 Å². The van der Waals surface area contributed by atoms with Crippen molar-refractivity contribution in [1.29, 1.82) is 0 Å². The Labute approximate surface area is 186 Å². The zero-order valence-electron chi connectivity index (χ0n) is 15.7. The van der Waals surface area contributed by atoms with Gasteiger partial charge in [0.15, 0.2) is 20.7 Å². The number of fused-ring (bicyclic) bond motifs is 1. The standard InChI is InChI=1S/C19H13ClN2O6S3/c1-30(24,25)13-6-7-14-16(10-13)29-19(21-14)22-18(23)15-8-9-17(28-15)31(26,27)12-4-2-11(20)3-5-12/h2-10H,1H3,(H,21,22,23). The molecular weight excluding hydrogens is 484 g/mol. The number of hydrogen-bond acceptors (Lipinski definition) is 8. The summed E-state index contributed by atoms with van der Waals surface area (Å²) in [6, 6.07) is 12.4. The lowest BCUT2D eigenvalue weighted by molar-refractivity contribution is 0.0991. The smallest absolute Gasteiger partial charge is 0.293 e. The number of sulfone groups is 2. The van der Waals surface area contributed by atoms with E-state index >= 15 is 0 Å². The van der Waals surface area contributed by atoms with Crippen LogP contribution in [-0.4, -0.2) is 34.0 Å². The van der Waals surface area contributed by atoms with Gasteiger partial charge < -0.3 is 4.42 Å². The Morgan fingerprint density at radius 3 is 2.35 bits per heavy atom. The van der Waals surface area contributed by atoms with Crippen LogP contribution in [0, 0.1) is 0 Å². The lowest BCUT2D eigenvalue weighted by atomic mass is 10.3. The molecule has 0 aliphatic carbocycles. The van der Waals surface area contributed by atoms with Crippen LogP contribution in [0.4, 0.5) is 5.13 Å². The molecule has 1 amide bonds. The number of thiazole rings is 1. The van der Waals surface area contributed by atoms with Crippen molar-refractivity contribution >= 4 is 63.9 Å². The molecule has 2 aromatic heterocycles. The minimum Gasteiger partial charge on any atom is -0.439 e. The van der Waals surface area contributed by atoms with Crippen LogP contribution in [0.25, 0.3) is 10.2 Å². The predicted molar refractivity (Wildman–Crippen MR) is 116 cm³/mol. The predicted octanol–water partition coefficient (Wildman–Crippen LogP) is 4.03. The van der Waals surface area contributed by atoms with Gasteiger partial charge in [0, 0.05) is 11.3 Å². The molecule has 0 saturated heterocycles. The second kappa shape index (κ2) is 7.75. The number of nitrogens with zero attached hydrogens (tertiary/aromatic N) is 1. The fourth-order valence-corrected chi connectivity index (χ4v) is 5.59. The summed E-state index contributed by atoms with van der Waals surface area (Å²) in [6.45, 7) is 0. The number of carbonyl (C=O) groups is 1. The molecule has 0 radical (unpaired) electrons. The number of hydrogen-bond donors (Lipinski definition) is 1. The number of aromatic nitrogens is 1. The molecule has 0 fully saturated rings. The molecule has 4 aromatic rings. The summed E-state index contributed by atoms with van der Waals surface area (Å²) in [7, 11) is -7.33. The highest BCUT2D eigenvalue weighted by Crippen LogP contribution is 2.29. The van der Waals surface area contributed by atoms with Crippen molar-refractivity contribution in [3.63, 3.8) is 0 Å². The number of nitrogens with one attached hydrogen (secondary N) is 1. The van der Waals surface area contributed by atoms with Crippen molar-refractivity contribution in [3.8, 4) is 0 Å². The topological polar surface area (TPSA) is 123 Å². The molecule has 0 spiro atoms. The van der Waals surface area contributed by atoms with Crippen LogP contribution in [0.3, 0.4) is 0 Å². The molecule has 31 heavy (non-hydrogen) atoms. The fraction of sp³-hybridized carbons (Fsp3) is 0.0526. The number of carbonyl (C=O) groups excluding carboxylic acids is 1. The van der Waals surface area contributed by atoms with Crippen molar-refractivity contribution in [2.45, 2.75) is 14.9 Å². The molecule has 12 heteroatoms. The molecule has 0 aliphatic rings. The summed E-state index contributed by atoms with van der Waals surface area (Å²) in [6.07, 6.45) is 1.10. The van der Waals surface area contributed by atoms with Crippen LogP contribution >= 0.6 is 22.9 Å². The minimum atomic E-state index is -3.96. The monoisotopic (exact) mass is 496 g/mol. The van der Waals surface area contributed by atoms with Crippen molar-refractivity contribution in [2.24, 2.45) is 0 Å². The highest BCUT2D eigenvalue weighted by atomic mass is 35.5. The van der Waals surface area contributed by atoms with Gasteiger partial charge in [0.25, 0.3) is 5.91 Å². The highest BCUT2D eigenvalue weighted by molar-refractivity contribution is 7.91.